The first-order valence-corrected chi connectivity index (χ1v) is 5.23. The summed E-state index contributed by atoms with van der Waals surface area (Å²) in [5.74, 6) is -0.578. The molecular weight excluding hydrogens is 202 g/mol. The van der Waals surface area contributed by atoms with Crippen LogP contribution in [0.5, 0.6) is 0 Å². The molecule has 0 radical (unpaired) electrons. The van der Waals surface area contributed by atoms with E-state index in [1.54, 1.807) is 18.4 Å². The molecule has 0 aliphatic rings. The lowest BCUT2D eigenvalue weighted by molar-refractivity contribution is -0.147. The number of carbonyl (C=O) groups is 1. The number of rotatable bonds is 4. The van der Waals surface area contributed by atoms with Gasteiger partial charge in [-0.2, -0.15) is 11.3 Å². The van der Waals surface area contributed by atoms with Gasteiger partial charge in [-0.1, -0.05) is 0 Å². The van der Waals surface area contributed by atoms with Crippen molar-refractivity contribution in [2.24, 2.45) is 5.73 Å². The van der Waals surface area contributed by atoms with Crippen LogP contribution in [0.2, 0.25) is 0 Å². The average Bonchev–Trinajstić information content (AvgIpc) is 2.68. The quantitative estimate of drug-likeness (QED) is 0.724. The number of hydrogen-bond donors (Lipinski definition) is 2. The van der Waals surface area contributed by atoms with Crippen molar-refractivity contribution in [2.75, 3.05) is 6.61 Å². The van der Waals surface area contributed by atoms with Crippen molar-refractivity contribution in [3.8, 4) is 0 Å². The van der Waals surface area contributed by atoms with Crippen molar-refractivity contribution in [2.45, 2.75) is 19.1 Å². The van der Waals surface area contributed by atoms with Gasteiger partial charge >= 0.3 is 5.97 Å². The fraction of sp³-hybridized carbons (Fsp3) is 0.444. The number of esters is 1. The molecule has 0 fully saturated rings. The maximum absolute atomic E-state index is 11.2. The smallest absolute Gasteiger partial charge is 0.325 e. The Kier molecular flexibility index (Phi) is 4.06. The standard InChI is InChI=1S/C9H13NO3S/c1-2-13-9(12)7(10)8(11)6-3-4-14-5-6/h3-5,7-8,11H,2,10H2,1H3. The lowest BCUT2D eigenvalue weighted by Gasteiger charge is -2.15. The van der Waals surface area contributed by atoms with E-state index < -0.39 is 18.1 Å². The molecule has 0 aromatic carbocycles. The molecule has 0 aliphatic carbocycles. The van der Waals surface area contributed by atoms with E-state index in [4.69, 9.17) is 10.5 Å². The summed E-state index contributed by atoms with van der Waals surface area (Å²) in [5.41, 5.74) is 6.17. The molecule has 0 spiro atoms. The molecule has 0 amide bonds. The first-order chi connectivity index (χ1) is 6.66. The fourth-order valence-corrected chi connectivity index (χ4v) is 1.71. The number of nitrogens with two attached hydrogens (primary N) is 1. The average molecular weight is 215 g/mol. The molecule has 4 nitrogen and oxygen atoms in total. The lowest BCUT2D eigenvalue weighted by atomic mass is 10.1. The van der Waals surface area contributed by atoms with Crippen LogP contribution in [-0.2, 0) is 9.53 Å². The minimum absolute atomic E-state index is 0.267. The zero-order valence-electron chi connectivity index (χ0n) is 7.84. The van der Waals surface area contributed by atoms with E-state index in [0.717, 1.165) is 0 Å². The van der Waals surface area contributed by atoms with Gasteiger partial charge in [-0.3, -0.25) is 4.79 Å². The molecule has 1 aromatic rings. The molecule has 1 heterocycles. The Morgan fingerprint density at radius 1 is 1.79 bits per heavy atom. The van der Waals surface area contributed by atoms with Crippen LogP contribution < -0.4 is 5.73 Å². The molecule has 78 valence electrons. The minimum Gasteiger partial charge on any atom is -0.465 e. The minimum atomic E-state index is -1.01. The predicted octanol–water partition coefficient (Wildman–Crippen LogP) is 0.672. The maximum atomic E-state index is 11.2. The van der Waals surface area contributed by atoms with Gasteiger partial charge in [0, 0.05) is 0 Å². The van der Waals surface area contributed by atoms with Crippen LogP contribution in [0.15, 0.2) is 16.8 Å². The van der Waals surface area contributed by atoms with Gasteiger partial charge in [0.2, 0.25) is 0 Å². The Morgan fingerprint density at radius 3 is 3.00 bits per heavy atom. The summed E-state index contributed by atoms with van der Waals surface area (Å²) in [6.45, 7) is 1.96. The summed E-state index contributed by atoms with van der Waals surface area (Å²) in [7, 11) is 0. The van der Waals surface area contributed by atoms with Crippen LogP contribution in [-0.4, -0.2) is 23.7 Å². The summed E-state index contributed by atoms with van der Waals surface area (Å²) < 4.78 is 4.70. The van der Waals surface area contributed by atoms with E-state index in [2.05, 4.69) is 0 Å². The number of carbonyl (C=O) groups excluding carboxylic acids is 1. The molecule has 0 saturated carbocycles. The maximum Gasteiger partial charge on any atom is 0.325 e. The SMILES string of the molecule is CCOC(=O)C(N)C(O)c1ccsc1. The number of hydrogen-bond acceptors (Lipinski definition) is 5. The first-order valence-electron chi connectivity index (χ1n) is 4.29. The van der Waals surface area contributed by atoms with Gasteiger partial charge in [-0.25, -0.2) is 0 Å². The van der Waals surface area contributed by atoms with E-state index in [-0.39, 0.29) is 6.61 Å². The van der Waals surface area contributed by atoms with Gasteiger partial charge in [-0.05, 0) is 29.3 Å². The third-order valence-corrected chi connectivity index (χ3v) is 2.49. The van der Waals surface area contributed by atoms with Crippen LogP contribution in [0.25, 0.3) is 0 Å². The van der Waals surface area contributed by atoms with Crippen molar-refractivity contribution in [3.05, 3.63) is 22.4 Å². The van der Waals surface area contributed by atoms with Crippen molar-refractivity contribution < 1.29 is 14.6 Å². The highest BCUT2D eigenvalue weighted by atomic mass is 32.1. The number of ether oxygens (including phenoxy) is 1. The van der Waals surface area contributed by atoms with Crippen molar-refractivity contribution in [3.63, 3.8) is 0 Å². The predicted molar refractivity (Wildman–Crippen MR) is 53.9 cm³/mol. The van der Waals surface area contributed by atoms with E-state index >= 15 is 0 Å². The Balaban J connectivity index is 2.61. The van der Waals surface area contributed by atoms with E-state index in [1.807, 2.05) is 5.38 Å². The molecule has 3 N–H and O–H groups in total. The van der Waals surface area contributed by atoms with E-state index in [0.29, 0.717) is 5.56 Å². The Hall–Kier alpha value is -0.910. The monoisotopic (exact) mass is 215 g/mol. The second kappa shape index (κ2) is 5.09. The Morgan fingerprint density at radius 2 is 2.50 bits per heavy atom. The second-order valence-electron chi connectivity index (χ2n) is 2.78. The molecule has 0 bridgehead atoms. The largest absolute Gasteiger partial charge is 0.465 e. The molecule has 2 unspecified atom stereocenters. The summed E-state index contributed by atoms with van der Waals surface area (Å²) in [4.78, 5) is 11.2. The highest BCUT2D eigenvalue weighted by Gasteiger charge is 2.25. The summed E-state index contributed by atoms with van der Waals surface area (Å²) >= 11 is 1.44. The Bertz CT molecular complexity index is 286. The number of aliphatic hydroxyl groups excluding tert-OH is 1. The van der Waals surface area contributed by atoms with Crippen molar-refractivity contribution >= 4 is 17.3 Å². The number of aliphatic hydroxyl groups is 1. The third-order valence-electron chi connectivity index (χ3n) is 1.78. The third kappa shape index (κ3) is 2.54. The van der Waals surface area contributed by atoms with Crippen molar-refractivity contribution in [1.82, 2.24) is 0 Å². The number of thiophene rings is 1. The molecular formula is C9H13NO3S. The van der Waals surface area contributed by atoms with Crippen LogP contribution in [0.1, 0.15) is 18.6 Å². The van der Waals surface area contributed by atoms with Crippen molar-refractivity contribution in [1.29, 1.82) is 0 Å². The molecule has 0 aliphatic heterocycles. The molecule has 5 heteroatoms. The van der Waals surface area contributed by atoms with Gasteiger partial charge in [-0.15, -0.1) is 0 Å². The summed E-state index contributed by atoms with van der Waals surface area (Å²) in [5, 5.41) is 13.2. The van der Waals surface area contributed by atoms with Crippen LogP contribution in [0, 0.1) is 0 Å². The molecule has 1 rings (SSSR count). The topological polar surface area (TPSA) is 72.5 Å². The molecule has 2 atom stereocenters. The first kappa shape index (κ1) is 11.2. The molecule has 0 saturated heterocycles. The van der Waals surface area contributed by atoms with E-state index in [9.17, 15) is 9.90 Å². The fourth-order valence-electron chi connectivity index (χ4n) is 1.02. The highest BCUT2D eigenvalue weighted by molar-refractivity contribution is 7.07. The summed E-state index contributed by atoms with van der Waals surface area (Å²) in [6, 6.07) is 0.721. The Labute approximate surface area is 86.3 Å². The second-order valence-corrected chi connectivity index (χ2v) is 3.56. The van der Waals surface area contributed by atoms with Gasteiger partial charge in [0.1, 0.15) is 12.1 Å². The summed E-state index contributed by atoms with van der Waals surface area (Å²) in [6.07, 6.45) is -0.986. The van der Waals surface area contributed by atoms with Crippen LogP contribution in [0.3, 0.4) is 0 Å². The van der Waals surface area contributed by atoms with Gasteiger partial charge < -0.3 is 15.6 Å². The van der Waals surface area contributed by atoms with Crippen LogP contribution in [0.4, 0.5) is 0 Å². The van der Waals surface area contributed by atoms with Gasteiger partial charge in [0.25, 0.3) is 0 Å². The van der Waals surface area contributed by atoms with E-state index in [1.165, 1.54) is 11.3 Å². The van der Waals surface area contributed by atoms with Crippen LogP contribution >= 0.6 is 11.3 Å². The highest BCUT2D eigenvalue weighted by Crippen LogP contribution is 2.18. The van der Waals surface area contributed by atoms with Gasteiger partial charge in [0.05, 0.1) is 6.61 Å². The molecule has 1 aromatic heterocycles. The van der Waals surface area contributed by atoms with Gasteiger partial charge in [0.15, 0.2) is 0 Å². The lowest BCUT2D eigenvalue weighted by Crippen LogP contribution is -2.38. The normalized spacial score (nSPS) is 14.8. The molecule has 14 heavy (non-hydrogen) atoms. The zero-order valence-corrected chi connectivity index (χ0v) is 8.66. The zero-order chi connectivity index (χ0) is 10.6.